The lowest BCUT2D eigenvalue weighted by molar-refractivity contribution is 0.0564. The zero-order valence-corrected chi connectivity index (χ0v) is 12.0. The van der Waals surface area contributed by atoms with Gasteiger partial charge in [0.25, 0.3) is 0 Å². The minimum absolute atomic E-state index is 0.171. The normalized spacial score (nSPS) is 22.6. The smallest absolute Gasteiger partial charge is 0.317 e. The van der Waals surface area contributed by atoms with Crippen LogP contribution in [-0.2, 0) is 6.54 Å². The monoisotopic (exact) mass is 282 g/mol. The van der Waals surface area contributed by atoms with Crippen LogP contribution in [0.2, 0.25) is 0 Å². The fourth-order valence-electron chi connectivity index (χ4n) is 2.53. The molecule has 0 aromatic carbocycles. The molecule has 1 heterocycles. The number of hydrogen-bond donors (Lipinski definition) is 2. The van der Waals surface area contributed by atoms with Crippen molar-refractivity contribution in [2.45, 2.75) is 45.3 Å². The number of aryl methyl sites for hydroxylation is 1. The first-order valence-corrected chi connectivity index (χ1v) is 7.02. The second kappa shape index (κ2) is 6.69. The van der Waals surface area contributed by atoms with Crippen molar-refractivity contribution in [3.63, 3.8) is 0 Å². The number of aliphatic hydroxyl groups excluding tert-OH is 1. The third-order valence-electron chi connectivity index (χ3n) is 3.68. The molecule has 0 unspecified atom stereocenters. The van der Waals surface area contributed by atoms with E-state index < -0.39 is 0 Å². The lowest BCUT2D eigenvalue weighted by atomic mass is 9.86. The number of carbonyl (C=O) groups excluding carboxylic acids is 1. The van der Waals surface area contributed by atoms with E-state index in [4.69, 9.17) is 4.52 Å². The molecule has 7 nitrogen and oxygen atoms in total. The van der Waals surface area contributed by atoms with E-state index >= 15 is 0 Å². The van der Waals surface area contributed by atoms with Gasteiger partial charge in [-0.25, -0.2) is 4.79 Å². The Bertz CT molecular complexity index is 449. The van der Waals surface area contributed by atoms with E-state index in [1.807, 2.05) is 0 Å². The number of hydrogen-bond acceptors (Lipinski definition) is 5. The zero-order chi connectivity index (χ0) is 14.5. The molecule has 2 N–H and O–H groups in total. The van der Waals surface area contributed by atoms with Crippen molar-refractivity contribution in [2.24, 2.45) is 5.92 Å². The molecule has 1 aromatic heterocycles. The summed E-state index contributed by atoms with van der Waals surface area (Å²) in [4.78, 5) is 17.6. The van der Waals surface area contributed by atoms with Gasteiger partial charge in [-0.05, 0) is 19.8 Å². The third-order valence-corrected chi connectivity index (χ3v) is 3.68. The van der Waals surface area contributed by atoms with Crippen LogP contribution in [-0.4, -0.2) is 45.9 Å². The van der Waals surface area contributed by atoms with Gasteiger partial charge >= 0.3 is 6.03 Å². The summed E-state index contributed by atoms with van der Waals surface area (Å²) in [7, 11) is 1.73. The Balaban J connectivity index is 1.76. The lowest BCUT2D eigenvalue weighted by Crippen LogP contribution is -2.42. The van der Waals surface area contributed by atoms with Gasteiger partial charge in [-0.15, -0.1) is 0 Å². The van der Waals surface area contributed by atoms with Crippen LogP contribution in [0.5, 0.6) is 0 Å². The number of aromatic nitrogens is 2. The summed E-state index contributed by atoms with van der Waals surface area (Å²) in [5.74, 6) is 1.11. The molecule has 0 radical (unpaired) electrons. The van der Waals surface area contributed by atoms with E-state index in [1.54, 1.807) is 18.9 Å². The molecule has 20 heavy (non-hydrogen) atoms. The summed E-state index contributed by atoms with van der Waals surface area (Å²) in [5, 5.41) is 16.3. The van der Waals surface area contributed by atoms with Crippen LogP contribution in [0, 0.1) is 12.8 Å². The maximum absolute atomic E-state index is 11.9. The maximum Gasteiger partial charge on any atom is 0.317 e. The van der Waals surface area contributed by atoms with E-state index in [1.165, 1.54) is 0 Å². The molecule has 1 aromatic rings. The zero-order valence-electron chi connectivity index (χ0n) is 12.0. The van der Waals surface area contributed by atoms with Crippen molar-refractivity contribution in [3.05, 3.63) is 11.7 Å². The Morgan fingerprint density at radius 3 is 2.90 bits per heavy atom. The van der Waals surface area contributed by atoms with E-state index in [0.717, 1.165) is 25.7 Å². The van der Waals surface area contributed by atoms with Gasteiger partial charge in [-0.1, -0.05) is 18.0 Å². The Labute approximate surface area is 118 Å². The van der Waals surface area contributed by atoms with E-state index in [9.17, 15) is 9.90 Å². The standard InChI is InChI=1S/C13H22N4O3/c1-9-15-12(20-16-9)7-14-13(19)17(2)8-10-5-3-4-6-11(10)18/h10-11,18H,3-8H2,1-2H3,(H,14,19)/t10-,11-/m0/s1. The number of nitrogens with zero attached hydrogens (tertiary/aromatic N) is 3. The second-order valence-electron chi connectivity index (χ2n) is 5.39. The van der Waals surface area contributed by atoms with Crippen LogP contribution in [0.1, 0.15) is 37.4 Å². The van der Waals surface area contributed by atoms with Gasteiger partial charge in [0.15, 0.2) is 5.82 Å². The van der Waals surface area contributed by atoms with Gasteiger partial charge in [-0.2, -0.15) is 4.98 Å². The fraction of sp³-hybridized carbons (Fsp3) is 0.769. The van der Waals surface area contributed by atoms with E-state index in [0.29, 0.717) is 18.3 Å². The van der Waals surface area contributed by atoms with E-state index in [-0.39, 0.29) is 24.6 Å². The summed E-state index contributed by atoms with van der Waals surface area (Å²) in [5.41, 5.74) is 0. The molecule has 0 aliphatic heterocycles. The summed E-state index contributed by atoms with van der Waals surface area (Å²) in [6.45, 7) is 2.51. The van der Waals surface area contributed by atoms with Crippen LogP contribution in [0.3, 0.4) is 0 Å². The van der Waals surface area contributed by atoms with Crippen molar-refractivity contribution >= 4 is 6.03 Å². The number of rotatable bonds is 4. The fourth-order valence-corrected chi connectivity index (χ4v) is 2.53. The average Bonchev–Trinajstić information content (AvgIpc) is 2.84. The van der Waals surface area contributed by atoms with E-state index in [2.05, 4.69) is 15.5 Å². The molecule has 1 aliphatic rings. The van der Waals surface area contributed by atoms with Crippen LogP contribution in [0.25, 0.3) is 0 Å². The Kier molecular flexibility index (Phi) is 4.94. The Morgan fingerprint density at radius 2 is 2.25 bits per heavy atom. The Hall–Kier alpha value is -1.63. The first kappa shape index (κ1) is 14.8. The largest absolute Gasteiger partial charge is 0.393 e. The highest BCUT2D eigenvalue weighted by molar-refractivity contribution is 5.73. The van der Waals surface area contributed by atoms with Crippen LogP contribution >= 0.6 is 0 Å². The molecule has 0 saturated heterocycles. The number of amides is 2. The van der Waals surface area contributed by atoms with Crippen molar-refractivity contribution in [2.75, 3.05) is 13.6 Å². The highest BCUT2D eigenvalue weighted by atomic mass is 16.5. The molecule has 2 atom stereocenters. The first-order valence-electron chi connectivity index (χ1n) is 7.02. The molecule has 0 spiro atoms. The molecule has 2 rings (SSSR count). The minimum Gasteiger partial charge on any atom is -0.393 e. The highest BCUT2D eigenvalue weighted by Crippen LogP contribution is 2.24. The number of urea groups is 1. The van der Waals surface area contributed by atoms with Gasteiger partial charge in [-0.3, -0.25) is 0 Å². The summed E-state index contributed by atoms with van der Waals surface area (Å²) < 4.78 is 4.93. The first-order chi connectivity index (χ1) is 9.56. The van der Waals surface area contributed by atoms with Crippen molar-refractivity contribution in [1.82, 2.24) is 20.4 Å². The second-order valence-corrected chi connectivity index (χ2v) is 5.39. The SMILES string of the molecule is Cc1noc(CNC(=O)N(C)C[C@@H]2CCCC[C@@H]2O)n1. The highest BCUT2D eigenvalue weighted by Gasteiger charge is 2.25. The van der Waals surface area contributed by atoms with Gasteiger partial charge in [0.2, 0.25) is 5.89 Å². The van der Waals surface area contributed by atoms with Gasteiger partial charge in [0.1, 0.15) is 0 Å². The topological polar surface area (TPSA) is 91.5 Å². The van der Waals surface area contributed by atoms with Crippen LogP contribution < -0.4 is 5.32 Å². The molecule has 0 bridgehead atoms. The van der Waals surface area contributed by atoms with Crippen LogP contribution in [0.15, 0.2) is 4.52 Å². The predicted octanol–water partition coefficient (Wildman–Crippen LogP) is 1.07. The molecular weight excluding hydrogens is 260 g/mol. The molecule has 2 amide bonds. The summed E-state index contributed by atoms with van der Waals surface area (Å²) in [6.07, 6.45) is 3.71. The molecule has 1 saturated carbocycles. The minimum atomic E-state index is -0.294. The molecule has 7 heteroatoms. The Morgan fingerprint density at radius 1 is 1.50 bits per heavy atom. The number of aliphatic hydroxyl groups is 1. The van der Waals surface area contributed by atoms with Gasteiger partial charge in [0.05, 0.1) is 12.6 Å². The number of carbonyl (C=O) groups is 1. The van der Waals surface area contributed by atoms with Crippen LogP contribution in [0.4, 0.5) is 4.79 Å². The lowest BCUT2D eigenvalue weighted by Gasteiger charge is -2.31. The summed E-state index contributed by atoms with van der Waals surface area (Å²) >= 11 is 0. The molecular formula is C13H22N4O3. The van der Waals surface area contributed by atoms with Gasteiger partial charge in [0, 0.05) is 19.5 Å². The van der Waals surface area contributed by atoms with Gasteiger partial charge < -0.3 is 19.8 Å². The number of nitrogens with one attached hydrogen (secondary N) is 1. The molecule has 112 valence electrons. The van der Waals surface area contributed by atoms with Crippen molar-refractivity contribution in [1.29, 1.82) is 0 Å². The van der Waals surface area contributed by atoms with Crippen molar-refractivity contribution < 1.29 is 14.4 Å². The quantitative estimate of drug-likeness (QED) is 0.862. The average molecular weight is 282 g/mol. The predicted molar refractivity (Wildman–Crippen MR) is 71.9 cm³/mol. The van der Waals surface area contributed by atoms with Crippen molar-refractivity contribution in [3.8, 4) is 0 Å². The molecule has 1 fully saturated rings. The maximum atomic E-state index is 11.9. The molecule has 1 aliphatic carbocycles. The third kappa shape index (κ3) is 3.93. The summed E-state index contributed by atoms with van der Waals surface area (Å²) in [6, 6.07) is -0.196.